The zero-order valence-corrected chi connectivity index (χ0v) is 21.2. The summed E-state index contributed by atoms with van der Waals surface area (Å²) in [7, 11) is 1.67. The molecule has 1 aromatic heterocycles. The van der Waals surface area contributed by atoms with Crippen molar-refractivity contribution in [3.8, 4) is 17.2 Å². The van der Waals surface area contributed by atoms with Crippen LogP contribution in [0.1, 0.15) is 59.2 Å². The predicted molar refractivity (Wildman–Crippen MR) is 137 cm³/mol. The van der Waals surface area contributed by atoms with Crippen molar-refractivity contribution >= 4 is 17.2 Å². The van der Waals surface area contributed by atoms with Gasteiger partial charge in [-0.05, 0) is 41.8 Å². The van der Waals surface area contributed by atoms with Gasteiger partial charge in [-0.2, -0.15) is 0 Å². The van der Waals surface area contributed by atoms with E-state index in [2.05, 4.69) is 40.3 Å². The van der Waals surface area contributed by atoms with Crippen molar-refractivity contribution in [3.63, 3.8) is 0 Å². The summed E-state index contributed by atoms with van der Waals surface area (Å²) in [5.41, 5.74) is 2.80. The largest absolute Gasteiger partial charge is 0.497 e. The molecule has 35 heavy (non-hydrogen) atoms. The van der Waals surface area contributed by atoms with E-state index in [0.717, 1.165) is 47.2 Å². The lowest BCUT2D eigenvalue weighted by molar-refractivity contribution is 0.0948. The number of rotatable bonds is 13. The molecule has 3 aromatic rings. The van der Waals surface area contributed by atoms with E-state index in [1.807, 2.05) is 29.6 Å². The number of methoxy groups -OCH3 is 1. The number of amides is 1. The molecule has 7 nitrogen and oxygen atoms in total. The summed E-state index contributed by atoms with van der Waals surface area (Å²) in [6.45, 7) is 5.21. The molecule has 2 heterocycles. The van der Waals surface area contributed by atoms with Crippen LogP contribution in [0.3, 0.4) is 0 Å². The van der Waals surface area contributed by atoms with Crippen LogP contribution in [0, 0.1) is 0 Å². The zero-order valence-electron chi connectivity index (χ0n) is 20.4. The second-order valence-electron chi connectivity index (χ2n) is 8.62. The number of ether oxygens (including phenoxy) is 3. The van der Waals surface area contributed by atoms with Gasteiger partial charge in [-0.25, -0.2) is 4.98 Å². The van der Waals surface area contributed by atoms with Gasteiger partial charge < -0.3 is 19.5 Å². The third kappa shape index (κ3) is 7.19. The first kappa shape index (κ1) is 25.0. The third-order valence-electron chi connectivity index (χ3n) is 5.87. The Kier molecular flexibility index (Phi) is 8.97. The van der Waals surface area contributed by atoms with Gasteiger partial charge in [0, 0.05) is 25.0 Å². The maximum atomic E-state index is 12.5. The predicted octanol–water partition coefficient (Wildman–Crippen LogP) is 5.39. The van der Waals surface area contributed by atoms with E-state index >= 15 is 0 Å². The number of unbranched alkanes of at least 4 members (excludes halogenated alkanes) is 3. The number of nitrogens with zero attached hydrogens (tertiary/aromatic N) is 2. The molecule has 0 aliphatic carbocycles. The summed E-state index contributed by atoms with van der Waals surface area (Å²) in [6, 6.07) is 14.1. The molecule has 4 rings (SSSR count). The zero-order chi connectivity index (χ0) is 24.5. The Bertz CT molecular complexity index is 1100. The maximum Gasteiger partial charge on any atom is 0.270 e. The lowest BCUT2D eigenvalue weighted by atomic mass is 10.1. The molecule has 0 radical (unpaired) electrons. The standard InChI is InChI=1S/C27H33N3O4S/c1-3-4-5-6-13-28-27(31)23-18-35-26(29-23)17-30(15-20-7-10-22(32-2)11-8-20)16-21-9-12-24-25(14-21)34-19-33-24/h7-12,14,18H,3-6,13,15-17,19H2,1-2H3,(H,28,31). The fourth-order valence-corrected chi connectivity index (χ4v) is 4.79. The second kappa shape index (κ2) is 12.6. The molecule has 0 spiro atoms. The van der Waals surface area contributed by atoms with Crippen LogP contribution in [0.25, 0.3) is 0 Å². The molecule has 8 heteroatoms. The average molecular weight is 496 g/mol. The van der Waals surface area contributed by atoms with E-state index in [4.69, 9.17) is 14.2 Å². The molecule has 2 aromatic carbocycles. The first-order valence-electron chi connectivity index (χ1n) is 12.1. The van der Waals surface area contributed by atoms with E-state index in [1.54, 1.807) is 7.11 Å². The minimum atomic E-state index is -0.0959. The van der Waals surface area contributed by atoms with Crippen LogP contribution in [0.4, 0.5) is 0 Å². The minimum absolute atomic E-state index is 0.0959. The van der Waals surface area contributed by atoms with Gasteiger partial charge in [-0.3, -0.25) is 9.69 Å². The quantitative estimate of drug-likeness (QED) is 0.321. The summed E-state index contributed by atoms with van der Waals surface area (Å²) in [5, 5.41) is 5.76. The molecule has 0 saturated heterocycles. The maximum absolute atomic E-state index is 12.5. The smallest absolute Gasteiger partial charge is 0.270 e. The summed E-state index contributed by atoms with van der Waals surface area (Å²) in [4.78, 5) is 19.5. The summed E-state index contributed by atoms with van der Waals surface area (Å²) >= 11 is 1.52. The molecule has 0 atom stereocenters. The number of carbonyl (C=O) groups is 1. The topological polar surface area (TPSA) is 72.9 Å². The van der Waals surface area contributed by atoms with Crippen LogP contribution in [0.15, 0.2) is 47.8 Å². The molecule has 1 aliphatic heterocycles. The number of nitrogens with one attached hydrogen (secondary N) is 1. The van der Waals surface area contributed by atoms with Crippen LogP contribution in [-0.2, 0) is 19.6 Å². The Labute approximate surface area is 211 Å². The SMILES string of the molecule is CCCCCCNC(=O)c1csc(CN(Cc2ccc(OC)cc2)Cc2ccc3c(c2)OCO3)n1. The highest BCUT2D eigenvalue weighted by Gasteiger charge is 2.17. The van der Waals surface area contributed by atoms with Gasteiger partial charge in [0.25, 0.3) is 5.91 Å². The van der Waals surface area contributed by atoms with E-state index < -0.39 is 0 Å². The third-order valence-corrected chi connectivity index (χ3v) is 6.70. The number of fused-ring (bicyclic) bond motifs is 1. The molecular formula is C27H33N3O4S. The fourth-order valence-electron chi connectivity index (χ4n) is 3.98. The molecule has 186 valence electrons. The van der Waals surface area contributed by atoms with Crippen molar-refractivity contribution in [2.24, 2.45) is 0 Å². The lowest BCUT2D eigenvalue weighted by Crippen LogP contribution is -2.25. The van der Waals surface area contributed by atoms with Crippen LogP contribution in [0.5, 0.6) is 17.2 Å². The Balaban J connectivity index is 1.42. The molecule has 1 amide bonds. The highest BCUT2D eigenvalue weighted by molar-refractivity contribution is 7.09. The molecule has 0 saturated carbocycles. The minimum Gasteiger partial charge on any atom is -0.497 e. The number of carbonyl (C=O) groups excluding carboxylic acids is 1. The molecular weight excluding hydrogens is 462 g/mol. The van der Waals surface area contributed by atoms with Crippen molar-refractivity contribution in [3.05, 3.63) is 69.7 Å². The Hall–Kier alpha value is -3.10. The van der Waals surface area contributed by atoms with Crippen molar-refractivity contribution < 1.29 is 19.0 Å². The average Bonchev–Trinajstić information content (AvgIpc) is 3.53. The normalized spacial score (nSPS) is 12.2. The van der Waals surface area contributed by atoms with E-state index in [0.29, 0.717) is 25.3 Å². The van der Waals surface area contributed by atoms with E-state index in [1.165, 1.54) is 29.7 Å². The highest BCUT2D eigenvalue weighted by Crippen LogP contribution is 2.33. The van der Waals surface area contributed by atoms with Crippen molar-refractivity contribution in [1.82, 2.24) is 15.2 Å². The molecule has 0 bridgehead atoms. The Morgan fingerprint density at radius 3 is 2.60 bits per heavy atom. The number of aromatic nitrogens is 1. The van der Waals surface area contributed by atoms with Crippen molar-refractivity contribution in [2.75, 3.05) is 20.4 Å². The summed E-state index contributed by atoms with van der Waals surface area (Å²) in [5.74, 6) is 2.29. The second-order valence-corrected chi connectivity index (χ2v) is 9.57. The Morgan fingerprint density at radius 1 is 1.03 bits per heavy atom. The Morgan fingerprint density at radius 2 is 1.80 bits per heavy atom. The molecule has 1 aliphatic rings. The van der Waals surface area contributed by atoms with Crippen LogP contribution in [-0.4, -0.2) is 36.2 Å². The van der Waals surface area contributed by atoms with Gasteiger partial charge >= 0.3 is 0 Å². The van der Waals surface area contributed by atoms with Crippen molar-refractivity contribution in [2.45, 2.75) is 52.2 Å². The first-order chi connectivity index (χ1) is 17.1. The molecule has 0 unspecified atom stereocenters. The van der Waals surface area contributed by atoms with Gasteiger partial charge in [0.1, 0.15) is 16.5 Å². The number of benzene rings is 2. The van der Waals surface area contributed by atoms with Gasteiger partial charge in [-0.1, -0.05) is 44.4 Å². The summed E-state index contributed by atoms with van der Waals surface area (Å²) < 4.78 is 16.3. The van der Waals surface area contributed by atoms with E-state index in [-0.39, 0.29) is 12.7 Å². The number of thiazole rings is 1. The molecule has 0 fully saturated rings. The van der Waals surface area contributed by atoms with Gasteiger partial charge in [0.05, 0.1) is 13.7 Å². The molecule has 1 N–H and O–H groups in total. The summed E-state index contributed by atoms with van der Waals surface area (Å²) in [6.07, 6.45) is 4.52. The highest BCUT2D eigenvalue weighted by atomic mass is 32.1. The van der Waals surface area contributed by atoms with Crippen molar-refractivity contribution in [1.29, 1.82) is 0 Å². The first-order valence-corrected chi connectivity index (χ1v) is 13.0. The van der Waals surface area contributed by atoms with Crippen LogP contribution < -0.4 is 19.5 Å². The fraction of sp³-hybridized carbons (Fsp3) is 0.407. The number of hydrogen-bond donors (Lipinski definition) is 1. The van der Waals surface area contributed by atoms with Crippen LogP contribution in [0.2, 0.25) is 0 Å². The van der Waals surface area contributed by atoms with E-state index in [9.17, 15) is 4.79 Å². The number of hydrogen-bond acceptors (Lipinski definition) is 7. The van der Waals surface area contributed by atoms with Gasteiger partial charge in [-0.15, -0.1) is 11.3 Å². The lowest BCUT2D eigenvalue weighted by Gasteiger charge is -2.22. The van der Waals surface area contributed by atoms with Gasteiger partial charge in [0.2, 0.25) is 6.79 Å². The monoisotopic (exact) mass is 495 g/mol. The van der Waals surface area contributed by atoms with Crippen LogP contribution >= 0.6 is 11.3 Å². The van der Waals surface area contributed by atoms with Gasteiger partial charge in [0.15, 0.2) is 11.5 Å².